The van der Waals surface area contributed by atoms with Crippen molar-refractivity contribution in [3.8, 4) is 0 Å². The molecule has 4 heterocycles. The number of aliphatic hydroxyl groups excluding tert-OH is 2. The van der Waals surface area contributed by atoms with E-state index in [2.05, 4.69) is 26.0 Å². The van der Waals surface area contributed by atoms with Gasteiger partial charge in [-0.2, -0.15) is 0 Å². The highest BCUT2D eigenvalue weighted by Crippen LogP contribution is 2.47. The Balaban J connectivity index is 1.52. The number of allylic oxidation sites excluding steroid dienone is 4. The van der Waals surface area contributed by atoms with Gasteiger partial charge < -0.3 is 34.3 Å². The Hall–Kier alpha value is -1.81. The van der Waals surface area contributed by atoms with Gasteiger partial charge in [-0.3, -0.25) is 4.79 Å². The van der Waals surface area contributed by atoms with Crippen molar-refractivity contribution in [2.75, 3.05) is 6.61 Å². The van der Waals surface area contributed by atoms with Crippen LogP contribution in [0.5, 0.6) is 0 Å². The zero-order valence-corrected chi connectivity index (χ0v) is 24.4. The lowest BCUT2D eigenvalue weighted by molar-refractivity contribution is -0.348. The molecule has 11 unspecified atom stereocenters. The molecular formula is C32H46O8. The van der Waals surface area contributed by atoms with E-state index in [9.17, 15) is 20.1 Å². The lowest BCUT2D eigenvalue weighted by atomic mass is 9.71. The first-order valence-electron chi connectivity index (χ1n) is 14.9. The highest BCUT2D eigenvalue weighted by Gasteiger charge is 2.60. The average molecular weight is 559 g/mol. The molecule has 0 aromatic rings. The van der Waals surface area contributed by atoms with Crippen LogP contribution >= 0.6 is 0 Å². The van der Waals surface area contributed by atoms with Crippen molar-refractivity contribution in [3.63, 3.8) is 0 Å². The highest BCUT2D eigenvalue weighted by atomic mass is 16.7. The summed E-state index contributed by atoms with van der Waals surface area (Å²) in [6.07, 6.45) is 9.41. The second-order valence-electron chi connectivity index (χ2n) is 12.8. The summed E-state index contributed by atoms with van der Waals surface area (Å²) in [7, 11) is 0. The Labute approximate surface area is 237 Å². The van der Waals surface area contributed by atoms with Crippen molar-refractivity contribution < 1.29 is 39.1 Å². The Morgan fingerprint density at radius 3 is 2.62 bits per heavy atom. The quantitative estimate of drug-likeness (QED) is 0.328. The van der Waals surface area contributed by atoms with Crippen LogP contribution in [-0.2, 0) is 23.7 Å². The smallest absolute Gasteiger partial charge is 0.316 e. The SMILES string of the molecule is CCC1OC2(CC3CC(CC=C(C)CC(C)C=CC=C4COC5C(O)C(C)=CC(C(=O)O3)C45O)O2)CC(O)C1C. The third-order valence-electron chi connectivity index (χ3n) is 9.60. The van der Waals surface area contributed by atoms with E-state index >= 15 is 0 Å². The topological polar surface area (TPSA) is 115 Å². The van der Waals surface area contributed by atoms with E-state index in [0.29, 0.717) is 36.8 Å². The van der Waals surface area contributed by atoms with Crippen LogP contribution in [0.3, 0.4) is 0 Å². The van der Waals surface area contributed by atoms with Gasteiger partial charge in [0.25, 0.3) is 0 Å². The number of ether oxygens (including phenoxy) is 4. The summed E-state index contributed by atoms with van der Waals surface area (Å²) in [6, 6.07) is 0. The molecule has 3 fully saturated rings. The summed E-state index contributed by atoms with van der Waals surface area (Å²) >= 11 is 0. The van der Waals surface area contributed by atoms with Crippen LogP contribution in [0.4, 0.5) is 0 Å². The maximum absolute atomic E-state index is 13.9. The number of esters is 1. The van der Waals surface area contributed by atoms with Crippen molar-refractivity contribution in [1.82, 2.24) is 0 Å². The average Bonchev–Trinajstić information content (AvgIpc) is 3.23. The van der Waals surface area contributed by atoms with E-state index in [1.165, 1.54) is 5.57 Å². The lowest BCUT2D eigenvalue weighted by Crippen LogP contribution is -2.59. The molecule has 3 N–H and O–H groups in total. The fourth-order valence-electron chi connectivity index (χ4n) is 7.26. The third-order valence-corrected chi connectivity index (χ3v) is 9.60. The minimum absolute atomic E-state index is 0.0247. The van der Waals surface area contributed by atoms with Gasteiger partial charge in [-0.1, -0.05) is 56.7 Å². The van der Waals surface area contributed by atoms with Gasteiger partial charge >= 0.3 is 5.97 Å². The fourth-order valence-corrected chi connectivity index (χ4v) is 7.26. The number of aliphatic hydroxyl groups is 3. The number of carbonyl (C=O) groups is 1. The molecule has 0 amide bonds. The summed E-state index contributed by atoms with van der Waals surface area (Å²) in [6.45, 7) is 10.1. The van der Waals surface area contributed by atoms with Crippen LogP contribution in [0, 0.1) is 17.8 Å². The molecule has 0 aromatic carbocycles. The van der Waals surface area contributed by atoms with E-state index in [-0.39, 0.29) is 30.7 Å². The van der Waals surface area contributed by atoms with Gasteiger partial charge in [0, 0.05) is 25.2 Å². The molecule has 8 nitrogen and oxygen atoms in total. The normalized spacial score (nSPS) is 46.2. The summed E-state index contributed by atoms with van der Waals surface area (Å²) < 4.78 is 25.2. The fraction of sp³-hybridized carbons (Fsp3) is 0.719. The molecule has 5 rings (SSSR count). The van der Waals surface area contributed by atoms with Crippen molar-refractivity contribution in [3.05, 3.63) is 47.1 Å². The van der Waals surface area contributed by atoms with Gasteiger partial charge in [0.1, 0.15) is 29.8 Å². The first-order valence-corrected chi connectivity index (χ1v) is 14.9. The van der Waals surface area contributed by atoms with Crippen LogP contribution in [-0.4, -0.2) is 75.9 Å². The van der Waals surface area contributed by atoms with E-state index in [0.717, 1.165) is 12.8 Å². The van der Waals surface area contributed by atoms with Crippen molar-refractivity contribution in [2.45, 2.75) is 121 Å². The predicted molar refractivity (Wildman–Crippen MR) is 149 cm³/mol. The minimum Gasteiger partial charge on any atom is -0.462 e. The Morgan fingerprint density at radius 2 is 1.88 bits per heavy atom. The molecule has 4 aliphatic heterocycles. The molecule has 2 bridgehead atoms. The number of hydrogen-bond acceptors (Lipinski definition) is 8. The molecule has 0 saturated carbocycles. The second kappa shape index (κ2) is 11.5. The summed E-state index contributed by atoms with van der Waals surface area (Å²) in [5.74, 6) is -2.43. The minimum atomic E-state index is -1.72. The predicted octanol–water partition coefficient (Wildman–Crippen LogP) is 3.90. The number of carbonyl (C=O) groups excluding carboxylic acids is 1. The molecular weight excluding hydrogens is 512 g/mol. The van der Waals surface area contributed by atoms with E-state index in [4.69, 9.17) is 18.9 Å². The van der Waals surface area contributed by atoms with Crippen LogP contribution < -0.4 is 0 Å². The molecule has 40 heavy (non-hydrogen) atoms. The zero-order chi connectivity index (χ0) is 28.8. The molecule has 222 valence electrons. The molecule has 0 aromatic heterocycles. The first kappa shape index (κ1) is 29.7. The number of fused-ring (bicyclic) bond motifs is 2. The van der Waals surface area contributed by atoms with Crippen molar-refractivity contribution >= 4 is 5.97 Å². The molecule has 1 aliphatic carbocycles. The summed E-state index contributed by atoms with van der Waals surface area (Å²) in [5, 5.41) is 33.8. The molecule has 11 atom stereocenters. The van der Waals surface area contributed by atoms with Gasteiger partial charge in [0.2, 0.25) is 0 Å². The van der Waals surface area contributed by atoms with Crippen LogP contribution in [0.25, 0.3) is 0 Å². The monoisotopic (exact) mass is 558 g/mol. The van der Waals surface area contributed by atoms with Gasteiger partial charge in [-0.05, 0) is 50.2 Å². The zero-order valence-electron chi connectivity index (χ0n) is 24.4. The maximum Gasteiger partial charge on any atom is 0.316 e. The third kappa shape index (κ3) is 5.51. The molecule has 5 aliphatic rings. The van der Waals surface area contributed by atoms with E-state index in [1.54, 1.807) is 13.0 Å². The van der Waals surface area contributed by atoms with Gasteiger partial charge in [0.05, 0.1) is 24.9 Å². The standard InChI is InChI=1S/C32H46O8/c1-6-27-21(5)26(33)16-31(40-27)15-24-14-23(39-31)11-10-19(3)12-18(2)8-7-9-22-17-37-29-28(34)20(4)13-25(30(35)38-24)32(22,29)36/h7-10,13,18,21,23-29,33-34,36H,6,11-12,14-17H2,1-5H3. The van der Waals surface area contributed by atoms with Gasteiger partial charge in [-0.25, -0.2) is 0 Å². The maximum atomic E-state index is 13.9. The Morgan fingerprint density at radius 1 is 1.10 bits per heavy atom. The Kier molecular flexibility index (Phi) is 8.50. The highest BCUT2D eigenvalue weighted by molar-refractivity contribution is 5.78. The van der Waals surface area contributed by atoms with E-state index < -0.39 is 47.7 Å². The molecule has 3 saturated heterocycles. The lowest BCUT2D eigenvalue weighted by Gasteiger charge is -2.51. The summed E-state index contributed by atoms with van der Waals surface area (Å²) in [4.78, 5) is 13.9. The van der Waals surface area contributed by atoms with Gasteiger partial charge in [0.15, 0.2) is 5.79 Å². The second-order valence-corrected chi connectivity index (χ2v) is 12.8. The largest absolute Gasteiger partial charge is 0.462 e. The molecule has 0 radical (unpaired) electrons. The van der Waals surface area contributed by atoms with Crippen LogP contribution in [0.1, 0.15) is 73.1 Å². The number of hydrogen-bond donors (Lipinski definition) is 3. The van der Waals surface area contributed by atoms with Crippen LogP contribution in [0.15, 0.2) is 47.1 Å². The van der Waals surface area contributed by atoms with Crippen LogP contribution in [0.2, 0.25) is 0 Å². The Bertz CT molecular complexity index is 1090. The number of rotatable bonds is 1. The first-order chi connectivity index (χ1) is 19.0. The van der Waals surface area contributed by atoms with E-state index in [1.807, 2.05) is 26.0 Å². The molecule has 8 heteroatoms. The van der Waals surface area contributed by atoms with Crippen molar-refractivity contribution in [1.29, 1.82) is 0 Å². The van der Waals surface area contributed by atoms with Crippen molar-refractivity contribution in [2.24, 2.45) is 17.8 Å². The summed E-state index contributed by atoms with van der Waals surface area (Å²) in [5.41, 5.74) is 0.623. The van der Waals surface area contributed by atoms with Gasteiger partial charge in [-0.15, -0.1) is 0 Å². The molecule has 1 spiro atoms.